The minimum Gasteiger partial charge on any atom is -0.338 e. The predicted molar refractivity (Wildman–Crippen MR) is 99.2 cm³/mol. The molecular weight excluding hydrogens is 336 g/mol. The summed E-state index contributed by atoms with van der Waals surface area (Å²) in [5.74, 6) is -0.117. The number of fused-ring (bicyclic) bond motifs is 1. The molecule has 1 aromatic heterocycles. The van der Waals surface area contributed by atoms with Crippen molar-refractivity contribution >= 4 is 28.7 Å². The number of carbonyl (C=O) groups excluding carboxylic acids is 2. The smallest absolute Gasteiger partial charge is 0.323 e. The van der Waals surface area contributed by atoms with Gasteiger partial charge in [-0.1, -0.05) is 0 Å². The molecule has 3 rings (SSSR count). The second kappa shape index (κ2) is 7.61. The van der Waals surface area contributed by atoms with E-state index < -0.39 is 0 Å². The molecule has 1 aliphatic rings. The maximum Gasteiger partial charge on any atom is 0.323 e. The van der Waals surface area contributed by atoms with E-state index in [1.807, 2.05) is 13.8 Å². The van der Waals surface area contributed by atoms with Crippen molar-refractivity contribution in [1.82, 2.24) is 25.1 Å². The van der Waals surface area contributed by atoms with E-state index in [2.05, 4.69) is 25.5 Å². The number of anilines is 1. The number of rotatable bonds is 4. The summed E-state index contributed by atoms with van der Waals surface area (Å²) in [6.07, 6.45) is 0. The van der Waals surface area contributed by atoms with Gasteiger partial charge in [0.25, 0.3) is 0 Å². The van der Waals surface area contributed by atoms with Crippen LogP contribution < -0.4 is 16.3 Å². The molecule has 26 heavy (non-hydrogen) atoms. The van der Waals surface area contributed by atoms with E-state index in [0.29, 0.717) is 49.4 Å². The molecule has 1 saturated heterocycles. The lowest BCUT2D eigenvalue weighted by atomic mass is 10.2. The van der Waals surface area contributed by atoms with Crippen LogP contribution in [0.3, 0.4) is 0 Å². The van der Waals surface area contributed by atoms with E-state index in [0.717, 1.165) is 0 Å². The lowest BCUT2D eigenvalue weighted by molar-refractivity contribution is -0.121. The van der Waals surface area contributed by atoms with Crippen molar-refractivity contribution in [2.45, 2.75) is 19.9 Å². The number of carbonyl (C=O) groups is 2. The Morgan fingerprint density at radius 2 is 1.85 bits per heavy atom. The lowest BCUT2D eigenvalue weighted by Crippen LogP contribution is -2.55. The molecule has 2 aromatic rings. The Kier molecular flexibility index (Phi) is 5.27. The van der Waals surface area contributed by atoms with Crippen LogP contribution in [0.25, 0.3) is 11.0 Å². The van der Waals surface area contributed by atoms with Crippen LogP contribution in [-0.4, -0.2) is 70.5 Å². The fourth-order valence-corrected chi connectivity index (χ4v) is 3.10. The highest BCUT2D eigenvalue weighted by atomic mass is 16.2. The van der Waals surface area contributed by atoms with Gasteiger partial charge in [0, 0.05) is 38.4 Å². The van der Waals surface area contributed by atoms with Gasteiger partial charge in [-0.15, -0.1) is 0 Å². The van der Waals surface area contributed by atoms with Gasteiger partial charge in [-0.05, 0) is 32.0 Å². The molecule has 0 bridgehead atoms. The first-order valence-corrected chi connectivity index (χ1v) is 8.77. The first kappa shape index (κ1) is 18.0. The zero-order chi connectivity index (χ0) is 18.7. The summed E-state index contributed by atoms with van der Waals surface area (Å²) < 4.78 is 0. The quantitative estimate of drug-likeness (QED) is 0.637. The number of hydrogen-bond acceptors (Lipinski definition) is 4. The molecule has 1 unspecified atom stereocenters. The number of benzene rings is 1. The van der Waals surface area contributed by atoms with Crippen molar-refractivity contribution in [2.75, 3.05) is 38.0 Å². The van der Waals surface area contributed by atoms with Crippen molar-refractivity contribution in [3.8, 4) is 0 Å². The Morgan fingerprint density at radius 3 is 2.54 bits per heavy atom. The van der Waals surface area contributed by atoms with Gasteiger partial charge in [-0.2, -0.15) is 0 Å². The van der Waals surface area contributed by atoms with Crippen LogP contribution in [0.2, 0.25) is 0 Å². The number of amides is 3. The molecule has 0 radical (unpaired) electrons. The molecule has 0 spiro atoms. The molecule has 1 aliphatic heterocycles. The molecule has 9 nitrogen and oxygen atoms in total. The molecule has 1 atom stereocenters. The largest absolute Gasteiger partial charge is 0.338 e. The molecule has 3 amide bonds. The van der Waals surface area contributed by atoms with E-state index >= 15 is 0 Å². The zero-order valence-corrected chi connectivity index (χ0v) is 15.0. The molecule has 9 heteroatoms. The average Bonchev–Trinajstić information content (AvgIpc) is 3.00. The fraction of sp³-hybridized carbons (Fsp3) is 0.471. The number of hydrogen-bond donors (Lipinski definition) is 4. The summed E-state index contributed by atoms with van der Waals surface area (Å²) in [5.41, 5.74) is 1.70. The van der Waals surface area contributed by atoms with Gasteiger partial charge in [0.1, 0.15) is 0 Å². The van der Waals surface area contributed by atoms with E-state index in [1.165, 1.54) is 0 Å². The summed E-state index contributed by atoms with van der Waals surface area (Å²) in [7, 11) is 0. The van der Waals surface area contributed by atoms with E-state index in [1.54, 1.807) is 23.1 Å². The van der Waals surface area contributed by atoms with E-state index in [4.69, 9.17) is 0 Å². The number of H-pyrrole nitrogens is 2. The van der Waals surface area contributed by atoms with Crippen molar-refractivity contribution in [3.63, 3.8) is 0 Å². The van der Waals surface area contributed by atoms with Crippen molar-refractivity contribution in [1.29, 1.82) is 0 Å². The van der Waals surface area contributed by atoms with Crippen LogP contribution in [-0.2, 0) is 4.79 Å². The van der Waals surface area contributed by atoms with Gasteiger partial charge in [0.15, 0.2) is 0 Å². The van der Waals surface area contributed by atoms with Crippen LogP contribution >= 0.6 is 0 Å². The first-order valence-electron chi connectivity index (χ1n) is 8.77. The number of imidazole rings is 1. The molecule has 140 valence electrons. The number of aromatic amines is 2. The maximum atomic E-state index is 12.5. The standard InChI is InChI=1S/C17H24N6O3/c1-3-18-17(26)23-8-6-22(7-9-23)11(2)15(24)19-12-4-5-13-14(10-12)21-16(25)20-13/h4-5,10-11H,3,6-9H2,1-2H3,(H,18,26)(H,19,24)(H2,20,21,25). The summed E-state index contributed by atoms with van der Waals surface area (Å²) in [5, 5.41) is 5.68. The second-order valence-corrected chi connectivity index (χ2v) is 6.36. The number of nitrogens with zero attached hydrogens (tertiary/aromatic N) is 2. The van der Waals surface area contributed by atoms with E-state index in [9.17, 15) is 14.4 Å². The summed E-state index contributed by atoms with van der Waals surface area (Å²) >= 11 is 0. The molecule has 2 heterocycles. The highest BCUT2D eigenvalue weighted by molar-refractivity contribution is 5.96. The van der Waals surface area contributed by atoms with Gasteiger partial charge in [0.05, 0.1) is 17.1 Å². The molecule has 4 N–H and O–H groups in total. The molecular formula is C17H24N6O3. The van der Waals surface area contributed by atoms with E-state index in [-0.39, 0.29) is 23.7 Å². The van der Waals surface area contributed by atoms with Crippen molar-refractivity contribution in [2.24, 2.45) is 0 Å². The Hall–Kier alpha value is -2.81. The minimum absolute atomic E-state index is 0.0574. The van der Waals surface area contributed by atoms with Crippen molar-refractivity contribution < 1.29 is 9.59 Å². The molecule has 1 fully saturated rings. The molecule has 0 saturated carbocycles. The van der Waals surface area contributed by atoms with Crippen LogP contribution in [0.1, 0.15) is 13.8 Å². The van der Waals surface area contributed by atoms with Crippen LogP contribution in [0, 0.1) is 0 Å². The monoisotopic (exact) mass is 360 g/mol. The minimum atomic E-state index is -0.313. The highest BCUT2D eigenvalue weighted by Gasteiger charge is 2.27. The number of nitrogens with one attached hydrogen (secondary N) is 4. The Morgan fingerprint density at radius 1 is 1.15 bits per heavy atom. The van der Waals surface area contributed by atoms with Gasteiger partial charge in [-0.3, -0.25) is 9.69 Å². The fourth-order valence-electron chi connectivity index (χ4n) is 3.10. The van der Waals surface area contributed by atoms with Crippen molar-refractivity contribution in [3.05, 3.63) is 28.7 Å². The topological polar surface area (TPSA) is 113 Å². The Balaban J connectivity index is 1.57. The average molecular weight is 360 g/mol. The normalized spacial score (nSPS) is 16.5. The molecule has 1 aromatic carbocycles. The SMILES string of the molecule is CCNC(=O)N1CCN(C(C)C(=O)Nc2ccc3[nH]c(=O)[nH]c3c2)CC1. The third-order valence-corrected chi connectivity index (χ3v) is 4.64. The van der Waals surface area contributed by atoms with Crippen LogP contribution in [0.15, 0.2) is 23.0 Å². The number of piperazine rings is 1. The predicted octanol–water partition coefficient (Wildman–Crippen LogP) is 0.530. The summed E-state index contributed by atoms with van der Waals surface area (Å²) in [6, 6.07) is 4.86. The third kappa shape index (κ3) is 3.88. The number of aromatic nitrogens is 2. The Labute approximate surface area is 150 Å². The van der Waals surface area contributed by atoms with Gasteiger partial charge in [0.2, 0.25) is 5.91 Å². The van der Waals surface area contributed by atoms with Gasteiger partial charge >= 0.3 is 11.7 Å². The van der Waals surface area contributed by atoms with Gasteiger partial charge < -0.3 is 25.5 Å². The highest BCUT2D eigenvalue weighted by Crippen LogP contribution is 2.16. The van der Waals surface area contributed by atoms with Crippen LogP contribution in [0.5, 0.6) is 0 Å². The summed E-state index contributed by atoms with van der Waals surface area (Å²) in [6.45, 7) is 6.84. The van der Waals surface area contributed by atoms with Crippen LogP contribution in [0.4, 0.5) is 10.5 Å². The van der Waals surface area contributed by atoms with Gasteiger partial charge in [-0.25, -0.2) is 9.59 Å². The lowest BCUT2D eigenvalue weighted by Gasteiger charge is -2.37. The number of urea groups is 1. The maximum absolute atomic E-state index is 12.5. The molecule has 0 aliphatic carbocycles. The zero-order valence-electron chi connectivity index (χ0n) is 15.0. The third-order valence-electron chi connectivity index (χ3n) is 4.64. The summed E-state index contributed by atoms with van der Waals surface area (Å²) in [4.78, 5) is 44.9. The Bertz CT molecular complexity index is 850. The second-order valence-electron chi connectivity index (χ2n) is 6.36. The first-order chi connectivity index (χ1) is 12.5.